The van der Waals surface area contributed by atoms with Crippen molar-refractivity contribution >= 4 is 24.7 Å². The topological polar surface area (TPSA) is 126 Å². The molecule has 0 saturated carbocycles. The Balaban J connectivity index is 0.000000819. The maximum absolute atomic E-state index is 12.7. The number of pyridine rings is 1. The van der Waals surface area contributed by atoms with Gasteiger partial charge in [-0.25, -0.2) is 4.79 Å². The minimum atomic E-state index is -0.250. The predicted molar refractivity (Wildman–Crippen MR) is 128 cm³/mol. The highest BCUT2D eigenvalue weighted by Gasteiger charge is 2.23. The Morgan fingerprint density at radius 3 is 2.33 bits per heavy atom. The van der Waals surface area contributed by atoms with Crippen molar-refractivity contribution < 1.29 is 24.6 Å². The second kappa shape index (κ2) is 15.8. The molecule has 0 spiro atoms. The summed E-state index contributed by atoms with van der Waals surface area (Å²) in [5.41, 5.74) is 2.44. The Morgan fingerprint density at radius 1 is 1.12 bits per heavy atom. The minimum absolute atomic E-state index is 0.106. The van der Waals surface area contributed by atoms with E-state index in [4.69, 9.17) is 19.8 Å². The highest BCUT2D eigenvalue weighted by atomic mass is 16.3. The number of anilines is 1. The molecular weight excluding hydrogens is 426 g/mol. The fourth-order valence-electron chi connectivity index (χ4n) is 4.20. The van der Waals surface area contributed by atoms with E-state index >= 15 is 0 Å². The number of carbonyl (C=O) groups excluding carboxylic acids is 1. The lowest BCUT2D eigenvalue weighted by Crippen LogP contribution is -2.46. The number of hydrogen-bond donors (Lipinski definition) is 3. The number of carboxylic acid groups (broad SMARTS) is 2. The Bertz CT molecular complexity index is 704. The van der Waals surface area contributed by atoms with Crippen LogP contribution in [0, 0.1) is 12.8 Å². The van der Waals surface area contributed by atoms with Crippen LogP contribution in [-0.2, 0) is 9.59 Å². The molecule has 186 valence electrons. The van der Waals surface area contributed by atoms with Gasteiger partial charge in [0.15, 0.2) is 0 Å². The van der Waals surface area contributed by atoms with E-state index in [2.05, 4.69) is 46.9 Å². The third-order valence-electron chi connectivity index (χ3n) is 6.04. The van der Waals surface area contributed by atoms with Crippen LogP contribution >= 0.6 is 0 Å². The largest absolute Gasteiger partial charge is 0.483 e. The summed E-state index contributed by atoms with van der Waals surface area (Å²) in [5, 5.41) is 17.0. The number of nitrogens with zero attached hydrogens (tertiary/aromatic N) is 4. The first-order valence-corrected chi connectivity index (χ1v) is 11.5. The molecule has 3 heterocycles. The molecule has 0 atom stereocenters. The summed E-state index contributed by atoms with van der Waals surface area (Å²) in [7, 11) is 0. The molecule has 1 aromatic rings. The van der Waals surface area contributed by atoms with Crippen LogP contribution in [0.25, 0.3) is 0 Å². The summed E-state index contributed by atoms with van der Waals surface area (Å²) in [6.07, 6.45) is 7.14. The van der Waals surface area contributed by atoms with Crippen LogP contribution in [-0.4, -0.2) is 95.8 Å². The van der Waals surface area contributed by atoms with Gasteiger partial charge in [0.05, 0.1) is 0 Å². The number of carbonyl (C=O) groups is 3. The van der Waals surface area contributed by atoms with Crippen molar-refractivity contribution in [3.05, 3.63) is 24.0 Å². The summed E-state index contributed by atoms with van der Waals surface area (Å²) >= 11 is 0. The lowest BCUT2D eigenvalue weighted by molar-refractivity contribution is -0.123. The smallest absolute Gasteiger partial charge is 0.317 e. The highest BCUT2D eigenvalue weighted by Crippen LogP contribution is 2.20. The fraction of sp³-hybridized carbons (Fsp3) is 0.652. The number of rotatable bonds is 4. The van der Waals surface area contributed by atoms with Crippen LogP contribution in [0.4, 0.5) is 10.5 Å². The SMILES string of the molecule is Cc1cnccc1N1CCCN(C(=O)NCC2CCN(C(C)C)CC2)CC1.O=CO.O=CO. The van der Waals surface area contributed by atoms with Crippen molar-refractivity contribution in [3.63, 3.8) is 0 Å². The lowest BCUT2D eigenvalue weighted by atomic mass is 9.96. The van der Waals surface area contributed by atoms with E-state index in [-0.39, 0.29) is 19.0 Å². The number of aryl methyl sites for hydroxylation is 1. The van der Waals surface area contributed by atoms with Crippen molar-refractivity contribution in [1.29, 1.82) is 0 Å². The molecule has 0 aliphatic carbocycles. The number of likely N-dealkylation sites (tertiary alicyclic amines) is 1. The first-order valence-electron chi connectivity index (χ1n) is 11.5. The zero-order valence-electron chi connectivity index (χ0n) is 20.0. The first kappa shape index (κ1) is 28.2. The van der Waals surface area contributed by atoms with E-state index in [9.17, 15) is 4.79 Å². The number of hydrogen-bond acceptors (Lipinski definition) is 6. The molecule has 2 amide bonds. The summed E-state index contributed by atoms with van der Waals surface area (Å²) < 4.78 is 0. The zero-order chi connectivity index (χ0) is 24.6. The normalized spacial score (nSPS) is 17.1. The lowest BCUT2D eigenvalue weighted by Gasteiger charge is -2.35. The molecule has 0 radical (unpaired) electrons. The minimum Gasteiger partial charge on any atom is -0.483 e. The number of amides is 2. The average Bonchev–Trinajstić information content (AvgIpc) is 3.05. The average molecular weight is 466 g/mol. The third kappa shape index (κ3) is 10.1. The summed E-state index contributed by atoms with van der Waals surface area (Å²) in [5.74, 6) is 0.617. The van der Waals surface area contributed by atoms with Gasteiger partial charge in [0.2, 0.25) is 0 Å². The predicted octanol–water partition coefficient (Wildman–Crippen LogP) is 2.13. The number of aromatic nitrogens is 1. The molecule has 2 fully saturated rings. The monoisotopic (exact) mass is 465 g/mol. The van der Waals surface area contributed by atoms with Crippen molar-refractivity contribution in [2.24, 2.45) is 5.92 Å². The van der Waals surface area contributed by atoms with Gasteiger partial charge >= 0.3 is 6.03 Å². The number of urea groups is 1. The molecule has 10 heteroatoms. The fourth-order valence-corrected chi connectivity index (χ4v) is 4.20. The Morgan fingerprint density at radius 2 is 1.76 bits per heavy atom. The third-order valence-corrected chi connectivity index (χ3v) is 6.04. The molecule has 2 saturated heterocycles. The van der Waals surface area contributed by atoms with Crippen LogP contribution in [0.2, 0.25) is 0 Å². The molecule has 0 bridgehead atoms. The van der Waals surface area contributed by atoms with Crippen LogP contribution in [0.15, 0.2) is 18.5 Å². The summed E-state index contributed by atoms with van der Waals surface area (Å²) in [6.45, 7) is 12.7. The molecule has 10 nitrogen and oxygen atoms in total. The molecular formula is C23H39N5O5. The number of nitrogens with one attached hydrogen (secondary N) is 1. The molecule has 2 aliphatic rings. The molecule has 3 N–H and O–H groups in total. The maximum atomic E-state index is 12.7. The van der Waals surface area contributed by atoms with Gasteiger partial charge in [-0.15, -0.1) is 0 Å². The van der Waals surface area contributed by atoms with Crippen LogP contribution in [0.3, 0.4) is 0 Å². The standard InChI is InChI=1S/C21H35N5O.2CH2O2/c1-17(2)24-11-6-19(7-12-24)16-23-21(27)26-10-4-9-25(13-14-26)20-5-8-22-15-18(20)3;2*2-1-3/h5,8,15,17,19H,4,6-7,9-14,16H2,1-3H3,(H,23,27);2*1H,(H,2,3). The van der Waals surface area contributed by atoms with E-state index in [1.807, 2.05) is 17.3 Å². The molecule has 33 heavy (non-hydrogen) atoms. The second-order valence-electron chi connectivity index (χ2n) is 8.46. The van der Waals surface area contributed by atoms with Crippen molar-refractivity contribution in [1.82, 2.24) is 20.1 Å². The van der Waals surface area contributed by atoms with Crippen molar-refractivity contribution in [3.8, 4) is 0 Å². The summed E-state index contributed by atoms with van der Waals surface area (Å²) in [4.78, 5) is 40.5. The molecule has 1 aromatic heterocycles. The van der Waals surface area contributed by atoms with Gasteiger partial charge in [-0.2, -0.15) is 0 Å². The van der Waals surface area contributed by atoms with Crippen LogP contribution in [0.5, 0.6) is 0 Å². The van der Waals surface area contributed by atoms with E-state index in [0.717, 1.165) is 52.2 Å². The number of piperidine rings is 1. The van der Waals surface area contributed by atoms with Gasteiger partial charge in [0.1, 0.15) is 0 Å². The van der Waals surface area contributed by atoms with E-state index in [1.54, 1.807) is 0 Å². The van der Waals surface area contributed by atoms with Gasteiger partial charge in [-0.05, 0) is 70.7 Å². The van der Waals surface area contributed by atoms with Crippen molar-refractivity contribution in [2.75, 3.05) is 50.7 Å². The van der Waals surface area contributed by atoms with Crippen LogP contribution in [0.1, 0.15) is 38.7 Å². The molecule has 3 rings (SSSR count). The Labute approximate surface area is 196 Å². The molecule has 0 aromatic carbocycles. The van der Waals surface area contributed by atoms with Crippen LogP contribution < -0.4 is 10.2 Å². The molecule has 2 aliphatic heterocycles. The second-order valence-corrected chi connectivity index (χ2v) is 8.46. The van der Waals surface area contributed by atoms with E-state index in [0.29, 0.717) is 12.0 Å². The molecule has 0 unspecified atom stereocenters. The first-order chi connectivity index (χ1) is 15.9. The van der Waals surface area contributed by atoms with Gasteiger partial charge in [0, 0.05) is 56.8 Å². The van der Waals surface area contributed by atoms with Gasteiger partial charge < -0.3 is 30.2 Å². The van der Waals surface area contributed by atoms with Gasteiger partial charge in [-0.1, -0.05) is 0 Å². The van der Waals surface area contributed by atoms with E-state index < -0.39 is 0 Å². The van der Waals surface area contributed by atoms with Gasteiger partial charge in [-0.3, -0.25) is 14.6 Å². The zero-order valence-corrected chi connectivity index (χ0v) is 20.0. The van der Waals surface area contributed by atoms with Gasteiger partial charge in [0.25, 0.3) is 12.9 Å². The summed E-state index contributed by atoms with van der Waals surface area (Å²) in [6, 6.07) is 2.81. The quantitative estimate of drug-likeness (QED) is 0.578. The highest BCUT2D eigenvalue weighted by molar-refractivity contribution is 5.74. The van der Waals surface area contributed by atoms with E-state index in [1.165, 1.54) is 24.1 Å². The maximum Gasteiger partial charge on any atom is 0.317 e. The van der Waals surface area contributed by atoms with Crippen molar-refractivity contribution in [2.45, 2.75) is 46.1 Å². The Kier molecular flexibility index (Phi) is 13.5. The Hall–Kier alpha value is -2.88.